The van der Waals surface area contributed by atoms with E-state index in [1.54, 1.807) is 24.3 Å². The van der Waals surface area contributed by atoms with Gasteiger partial charge in [0.1, 0.15) is 0 Å². The van der Waals surface area contributed by atoms with Gasteiger partial charge in [-0.05, 0) is 48.2 Å². The van der Waals surface area contributed by atoms with Gasteiger partial charge >= 0.3 is 0 Å². The van der Waals surface area contributed by atoms with Crippen molar-refractivity contribution < 1.29 is 9.59 Å². The standard InChI is InChI=1S/C20H17NO2S/c1-14(15-6-3-2-4-7-15)20(23)21-17-11-9-16(10-12-17)19(22)18-8-5-13-24-18/h2-14H,1H3,(H,21,23). The van der Waals surface area contributed by atoms with Crippen LogP contribution in [0.15, 0.2) is 72.1 Å². The molecular weight excluding hydrogens is 318 g/mol. The predicted octanol–water partition coefficient (Wildman–Crippen LogP) is 4.72. The van der Waals surface area contributed by atoms with Gasteiger partial charge in [0.2, 0.25) is 11.7 Å². The Hall–Kier alpha value is -2.72. The van der Waals surface area contributed by atoms with E-state index in [0.29, 0.717) is 16.1 Å². The summed E-state index contributed by atoms with van der Waals surface area (Å²) in [4.78, 5) is 25.3. The zero-order valence-corrected chi connectivity index (χ0v) is 14.0. The smallest absolute Gasteiger partial charge is 0.231 e. The van der Waals surface area contributed by atoms with E-state index in [0.717, 1.165) is 5.56 Å². The number of benzene rings is 2. The van der Waals surface area contributed by atoms with Crippen molar-refractivity contribution in [2.75, 3.05) is 5.32 Å². The lowest BCUT2D eigenvalue weighted by atomic mass is 10.0. The van der Waals surface area contributed by atoms with Crippen molar-refractivity contribution >= 4 is 28.7 Å². The topological polar surface area (TPSA) is 46.2 Å². The molecule has 0 radical (unpaired) electrons. The summed E-state index contributed by atoms with van der Waals surface area (Å²) in [7, 11) is 0. The molecule has 1 aromatic heterocycles. The first-order valence-electron chi connectivity index (χ1n) is 7.69. The second-order valence-electron chi connectivity index (χ2n) is 5.51. The van der Waals surface area contributed by atoms with Crippen LogP contribution in [0, 0.1) is 0 Å². The predicted molar refractivity (Wildman–Crippen MR) is 97.7 cm³/mol. The molecule has 24 heavy (non-hydrogen) atoms. The minimum atomic E-state index is -0.237. The van der Waals surface area contributed by atoms with Gasteiger partial charge in [-0.2, -0.15) is 0 Å². The maximum absolute atomic E-state index is 12.3. The molecule has 3 aromatic rings. The molecule has 1 heterocycles. The second kappa shape index (κ2) is 7.23. The average Bonchev–Trinajstić information content (AvgIpc) is 3.16. The van der Waals surface area contributed by atoms with Crippen LogP contribution in [0.1, 0.15) is 33.6 Å². The molecule has 0 aliphatic rings. The maximum Gasteiger partial charge on any atom is 0.231 e. The van der Waals surface area contributed by atoms with Crippen LogP contribution in [0.4, 0.5) is 5.69 Å². The molecule has 3 nitrogen and oxygen atoms in total. The van der Waals surface area contributed by atoms with Crippen molar-refractivity contribution in [3.8, 4) is 0 Å². The molecule has 0 aliphatic carbocycles. The molecule has 3 rings (SSSR count). The number of rotatable bonds is 5. The Balaban J connectivity index is 1.68. The van der Waals surface area contributed by atoms with Gasteiger partial charge in [0, 0.05) is 11.3 Å². The van der Waals surface area contributed by atoms with Gasteiger partial charge in [-0.25, -0.2) is 0 Å². The van der Waals surface area contributed by atoms with Crippen LogP contribution in [0.2, 0.25) is 0 Å². The molecule has 0 spiro atoms. The highest BCUT2D eigenvalue weighted by atomic mass is 32.1. The van der Waals surface area contributed by atoms with Gasteiger partial charge in [-0.3, -0.25) is 9.59 Å². The SMILES string of the molecule is CC(C(=O)Nc1ccc(C(=O)c2cccs2)cc1)c1ccccc1. The molecule has 0 bridgehead atoms. The number of amides is 1. The van der Waals surface area contributed by atoms with Crippen LogP contribution in [-0.4, -0.2) is 11.7 Å². The number of thiophene rings is 1. The summed E-state index contributed by atoms with van der Waals surface area (Å²) in [6.45, 7) is 1.87. The average molecular weight is 335 g/mol. The third-order valence-electron chi connectivity index (χ3n) is 3.85. The Bertz CT molecular complexity index is 824. The summed E-state index contributed by atoms with van der Waals surface area (Å²) in [5.41, 5.74) is 2.27. The molecular formula is C20H17NO2S. The van der Waals surface area contributed by atoms with Crippen molar-refractivity contribution in [2.24, 2.45) is 0 Å². The monoisotopic (exact) mass is 335 g/mol. The number of hydrogen-bond acceptors (Lipinski definition) is 3. The normalized spacial score (nSPS) is 11.7. The van der Waals surface area contributed by atoms with Crippen LogP contribution in [0.25, 0.3) is 0 Å². The van der Waals surface area contributed by atoms with Crippen LogP contribution >= 0.6 is 11.3 Å². The summed E-state index contributed by atoms with van der Waals surface area (Å²) in [6.07, 6.45) is 0. The molecule has 1 unspecified atom stereocenters. The number of anilines is 1. The lowest BCUT2D eigenvalue weighted by molar-refractivity contribution is -0.117. The van der Waals surface area contributed by atoms with Crippen LogP contribution in [0.5, 0.6) is 0 Å². The van der Waals surface area contributed by atoms with Gasteiger partial charge in [-0.15, -0.1) is 11.3 Å². The zero-order chi connectivity index (χ0) is 16.9. The summed E-state index contributed by atoms with van der Waals surface area (Å²) in [5.74, 6) is -0.308. The molecule has 4 heteroatoms. The molecule has 1 amide bonds. The summed E-state index contributed by atoms with van der Waals surface area (Å²) >= 11 is 1.42. The van der Waals surface area contributed by atoms with Crippen LogP contribution in [-0.2, 0) is 4.79 Å². The summed E-state index contributed by atoms with van der Waals surface area (Å²) in [5, 5.41) is 4.78. The molecule has 1 N–H and O–H groups in total. The molecule has 0 aliphatic heterocycles. The fourth-order valence-corrected chi connectivity index (χ4v) is 3.08. The van der Waals surface area contributed by atoms with E-state index in [2.05, 4.69) is 5.32 Å². The lowest BCUT2D eigenvalue weighted by Gasteiger charge is -2.12. The van der Waals surface area contributed by atoms with E-state index in [9.17, 15) is 9.59 Å². The molecule has 0 fully saturated rings. The highest BCUT2D eigenvalue weighted by Crippen LogP contribution is 2.20. The van der Waals surface area contributed by atoms with Gasteiger partial charge in [-0.1, -0.05) is 36.4 Å². The second-order valence-corrected chi connectivity index (χ2v) is 6.45. The van der Waals surface area contributed by atoms with Gasteiger partial charge in [0.25, 0.3) is 0 Å². The highest BCUT2D eigenvalue weighted by molar-refractivity contribution is 7.12. The lowest BCUT2D eigenvalue weighted by Crippen LogP contribution is -2.18. The number of carbonyl (C=O) groups is 2. The fourth-order valence-electron chi connectivity index (χ4n) is 2.40. The largest absolute Gasteiger partial charge is 0.326 e. The molecule has 2 aromatic carbocycles. The van der Waals surface area contributed by atoms with Crippen LogP contribution in [0.3, 0.4) is 0 Å². The van der Waals surface area contributed by atoms with Crippen molar-refractivity contribution in [2.45, 2.75) is 12.8 Å². The Kier molecular flexibility index (Phi) is 4.87. The van der Waals surface area contributed by atoms with Crippen LogP contribution < -0.4 is 5.32 Å². The van der Waals surface area contributed by atoms with E-state index in [1.165, 1.54) is 11.3 Å². The minimum absolute atomic E-state index is 0.000491. The Morgan fingerprint density at radius 1 is 0.917 bits per heavy atom. The molecule has 120 valence electrons. The zero-order valence-electron chi connectivity index (χ0n) is 13.2. The van der Waals surface area contributed by atoms with Crippen molar-refractivity contribution in [3.05, 3.63) is 88.1 Å². The summed E-state index contributed by atoms with van der Waals surface area (Å²) in [6, 6.07) is 20.3. The highest BCUT2D eigenvalue weighted by Gasteiger charge is 2.15. The first-order valence-corrected chi connectivity index (χ1v) is 8.57. The van der Waals surface area contributed by atoms with E-state index in [1.807, 2.05) is 54.8 Å². The first kappa shape index (κ1) is 16.1. The molecule has 1 atom stereocenters. The number of ketones is 1. The third kappa shape index (κ3) is 3.60. The molecule has 0 saturated carbocycles. The maximum atomic E-state index is 12.3. The summed E-state index contributed by atoms with van der Waals surface area (Å²) < 4.78 is 0. The minimum Gasteiger partial charge on any atom is -0.326 e. The third-order valence-corrected chi connectivity index (χ3v) is 4.72. The van der Waals surface area contributed by atoms with E-state index in [4.69, 9.17) is 0 Å². The number of nitrogens with one attached hydrogen (secondary N) is 1. The van der Waals surface area contributed by atoms with E-state index < -0.39 is 0 Å². The van der Waals surface area contributed by atoms with Gasteiger partial charge in [0.15, 0.2) is 0 Å². The quantitative estimate of drug-likeness (QED) is 0.686. The first-order chi connectivity index (χ1) is 11.6. The van der Waals surface area contributed by atoms with Gasteiger partial charge < -0.3 is 5.32 Å². The van der Waals surface area contributed by atoms with E-state index in [-0.39, 0.29) is 17.6 Å². The van der Waals surface area contributed by atoms with Crippen molar-refractivity contribution in [1.29, 1.82) is 0 Å². The Labute approximate surface area is 145 Å². The van der Waals surface area contributed by atoms with Crippen molar-refractivity contribution in [1.82, 2.24) is 0 Å². The van der Waals surface area contributed by atoms with Gasteiger partial charge in [0.05, 0.1) is 10.8 Å². The number of carbonyl (C=O) groups excluding carboxylic acids is 2. The Morgan fingerprint density at radius 2 is 1.62 bits per heavy atom. The fraction of sp³-hybridized carbons (Fsp3) is 0.100. The Morgan fingerprint density at radius 3 is 2.25 bits per heavy atom. The number of hydrogen-bond donors (Lipinski definition) is 1. The van der Waals surface area contributed by atoms with Crippen molar-refractivity contribution in [3.63, 3.8) is 0 Å². The molecule has 0 saturated heterocycles. The van der Waals surface area contributed by atoms with E-state index >= 15 is 0 Å².